The molecular formula is C18H13ClN4O2S. The van der Waals surface area contributed by atoms with E-state index >= 15 is 0 Å². The van der Waals surface area contributed by atoms with Crippen LogP contribution in [0.4, 0.5) is 0 Å². The highest BCUT2D eigenvalue weighted by molar-refractivity contribution is 7.89. The number of aromatic nitrogens is 3. The van der Waals surface area contributed by atoms with Gasteiger partial charge in [0.25, 0.3) is 0 Å². The number of nitrogens with two attached hydrogens (primary N) is 1. The molecule has 0 saturated carbocycles. The molecular weight excluding hydrogens is 372 g/mol. The van der Waals surface area contributed by atoms with Gasteiger partial charge in [0.1, 0.15) is 10.8 Å². The Kier molecular flexibility index (Phi) is 3.99. The molecule has 26 heavy (non-hydrogen) atoms. The molecule has 4 aromatic rings. The first-order valence-corrected chi connectivity index (χ1v) is 9.58. The molecule has 0 atom stereocenters. The predicted molar refractivity (Wildman–Crippen MR) is 100 cm³/mol. The molecule has 2 N–H and O–H groups in total. The van der Waals surface area contributed by atoms with Gasteiger partial charge in [0.05, 0.1) is 10.4 Å². The Morgan fingerprint density at radius 3 is 2.35 bits per heavy atom. The summed E-state index contributed by atoms with van der Waals surface area (Å²) in [7, 11) is -3.74. The van der Waals surface area contributed by atoms with E-state index < -0.39 is 10.0 Å². The minimum absolute atomic E-state index is 0.0624. The zero-order valence-electron chi connectivity index (χ0n) is 13.4. The molecule has 0 amide bonds. The molecule has 6 nitrogen and oxygen atoms in total. The standard InChI is InChI=1S/C18H13ClN4O2S/c19-16-9-6-13(11-21-16)18-17(15-3-1-2-10-23(15)22-18)12-4-7-14(8-5-12)26(20,24)25/h1-11H,(H2,20,24,25). The number of hydrogen-bond acceptors (Lipinski definition) is 4. The molecule has 0 unspecified atom stereocenters. The Morgan fingerprint density at radius 1 is 0.962 bits per heavy atom. The largest absolute Gasteiger partial charge is 0.244 e. The minimum atomic E-state index is -3.74. The molecule has 8 heteroatoms. The minimum Gasteiger partial charge on any atom is -0.244 e. The molecule has 4 rings (SSSR count). The van der Waals surface area contributed by atoms with Crippen LogP contribution in [-0.4, -0.2) is 23.0 Å². The number of hydrogen-bond donors (Lipinski definition) is 1. The lowest BCUT2D eigenvalue weighted by molar-refractivity contribution is 0.598. The van der Waals surface area contributed by atoms with E-state index in [2.05, 4.69) is 10.1 Å². The fraction of sp³-hybridized carbons (Fsp3) is 0. The average Bonchev–Trinajstić information content (AvgIpc) is 3.01. The molecule has 0 aliphatic carbocycles. The Labute approximate surface area is 154 Å². The fourth-order valence-electron chi connectivity index (χ4n) is 2.81. The number of benzene rings is 1. The molecule has 0 aliphatic heterocycles. The summed E-state index contributed by atoms with van der Waals surface area (Å²) in [6, 6.07) is 15.7. The van der Waals surface area contributed by atoms with Gasteiger partial charge in [-0.05, 0) is 42.0 Å². The van der Waals surface area contributed by atoms with E-state index in [1.807, 2.05) is 30.5 Å². The quantitative estimate of drug-likeness (QED) is 0.548. The van der Waals surface area contributed by atoms with Gasteiger partial charge in [-0.1, -0.05) is 29.8 Å². The molecule has 0 saturated heterocycles. The number of primary sulfonamides is 1. The monoisotopic (exact) mass is 384 g/mol. The fourth-order valence-corrected chi connectivity index (χ4v) is 3.44. The maximum Gasteiger partial charge on any atom is 0.238 e. The lowest BCUT2D eigenvalue weighted by Gasteiger charge is -2.05. The van der Waals surface area contributed by atoms with Crippen LogP contribution in [0.5, 0.6) is 0 Å². The van der Waals surface area contributed by atoms with Crippen LogP contribution in [0.25, 0.3) is 27.9 Å². The Morgan fingerprint density at radius 2 is 1.69 bits per heavy atom. The lowest BCUT2D eigenvalue weighted by atomic mass is 10.0. The zero-order chi connectivity index (χ0) is 18.3. The number of rotatable bonds is 3. The van der Waals surface area contributed by atoms with E-state index in [9.17, 15) is 8.42 Å². The smallest absolute Gasteiger partial charge is 0.238 e. The van der Waals surface area contributed by atoms with Crippen molar-refractivity contribution in [3.8, 4) is 22.4 Å². The number of nitrogens with zero attached hydrogens (tertiary/aromatic N) is 3. The second kappa shape index (κ2) is 6.21. The van der Waals surface area contributed by atoms with Crippen LogP contribution >= 0.6 is 11.6 Å². The van der Waals surface area contributed by atoms with Crippen LogP contribution in [0.15, 0.2) is 71.9 Å². The molecule has 0 fully saturated rings. The summed E-state index contributed by atoms with van der Waals surface area (Å²) in [5.74, 6) is 0. The van der Waals surface area contributed by atoms with Crippen LogP contribution in [-0.2, 0) is 10.0 Å². The maximum atomic E-state index is 11.5. The van der Waals surface area contributed by atoms with Gasteiger partial charge in [0.15, 0.2) is 0 Å². The third-order valence-electron chi connectivity index (χ3n) is 4.01. The van der Waals surface area contributed by atoms with E-state index in [0.717, 1.165) is 27.9 Å². The second-order valence-electron chi connectivity index (χ2n) is 5.69. The van der Waals surface area contributed by atoms with Gasteiger partial charge in [-0.15, -0.1) is 0 Å². The Balaban J connectivity index is 1.96. The summed E-state index contributed by atoms with van der Waals surface area (Å²) >= 11 is 5.89. The van der Waals surface area contributed by atoms with E-state index in [1.165, 1.54) is 12.1 Å². The van der Waals surface area contributed by atoms with Crippen molar-refractivity contribution in [2.75, 3.05) is 0 Å². The molecule has 0 aliphatic rings. The van der Waals surface area contributed by atoms with Crippen LogP contribution in [0.1, 0.15) is 0 Å². The second-order valence-corrected chi connectivity index (χ2v) is 7.64. The van der Waals surface area contributed by atoms with Gasteiger partial charge < -0.3 is 0 Å². The van der Waals surface area contributed by atoms with Crippen molar-refractivity contribution in [3.63, 3.8) is 0 Å². The molecule has 3 aromatic heterocycles. The van der Waals surface area contributed by atoms with Gasteiger partial charge in [-0.3, -0.25) is 0 Å². The predicted octanol–water partition coefficient (Wildman–Crippen LogP) is 3.36. The number of halogens is 1. The topological polar surface area (TPSA) is 90.4 Å². The van der Waals surface area contributed by atoms with E-state index in [0.29, 0.717) is 5.15 Å². The summed E-state index contributed by atoms with van der Waals surface area (Å²) in [6.45, 7) is 0. The van der Waals surface area contributed by atoms with Crippen LogP contribution in [0.2, 0.25) is 5.15 Å². The summed E-state index contributed by atoms with van der Waals surface area (Å²) < 4.78 is 24.8. The Bertz CT molecular complexity index is 1200. The molecule has 130 valence electrons. The van der Waals surface area contributed by atoms with Crippen LogP contribution in [0, 0.1) is 0 Å². The SMILES string of the molecule is NS(=O)(=O)c1ccc(-c2c(-c3ccc(Cl)nc3)nn3ccccc23)cc1. The molecule has 0 bridgehead atoms. The van der Waals surface area contributed by atoms with Crippen LogP contribution in [0.3, 0.4) is 0 Å². The molecule has 0 spiro atoms. The molecule has 1 aromatic carbocycles. The third kappa shape index (κ3) is 2.96. The van der Waals surface area contributed by atoms with Gasteiger partial charge in [-0.25, -0.2) is 23.1 Å². The number of fused-ring (bicyclic) bond motifs is 1. The van der Waals surface area contributed by atoms with Crippen molar-refractivity contribution >= 4 is 27.1 Å². The van der Waals surface area contributed by atoms with Gasteiger partial charge in [0, 0.05) is 23.5 Å². The zero-order valence-corrected chi connectivity index (χ0v) is 14.9. The van der Waals surface area contributed by atoms with Crippen molar-refractivity contribution in [1.29, 1.82) is 0 Å². The van der Waals surface area contributed by atoms with Gasteiger partial charge >= 0.3 is 0 Å². The highest BCUT2D eigenvalue weighted by Gasteiger charge is 2.17. The highest BCUT2D eigenvalue weighted by atomic mass is 35.5. The Hall–Kier alpha value is -2.74. The molecule has 0 radical (unpaired) electrons. The lowest BCUT2D eigenvalue weighted by Crippen LogP contribution is -2.11. The van der Waals surface area contributed by atoms with Crippen molar-refractivity contribution in [2.45, 2.75) is 4.90 Å². The van der Waals surface area contributed by atoms with Crippen molar-refractivity contribution in [1.82, 2.24) is 14.6 Å². The van der Waals surface area contributed by atoms with E-state index in [4.69, 9.17) is 16.7 Å². The van der Waals surface area contributed by atoms with E-state index in [-0.39, 0.29) is 4.90 Å². The normalized spacial score (nSPS) is 11.8. The summed E-state index contributed by atoms with van der Waals surface area (Å²) in [5, 5.41) is 10.2. The van der Waals surface area contributed by atoms with Crippen molar-refractivity contribution in [3.05, 3.63) is 72.1 Å². The number of pyridine rings is 2. The summed E-state index contributed by atoms with van der Waals surface area (Å²) in [5.41, 5.74) is 4.12. The highest BCUT2D eigenvalue weighted by Crippen LogP contribution is 2.35. The summed E-state index contributed by atoms with van der Waals surface area (Å²) in [4.78, 5) is 4.19. The summed E-state index contributed by atoms with van der Waals surface area (Å²) in [6.07, 6.45) is 3.51. The number of sulfonamides is 1. The first-order valence-electron chi connectivity index (χ1n) is 7.66. The first-order chi connectivity index (χ1) is 12.4. The van der Waals surface area contributed by atoms with Gasteiger partial charge in [-0.2, -0.15) is 5.10 Å². The first kappa shape index (κ1) is 16.7. The van der Waals surface area contributed by atoms with Crippen molar-refractivity contribution < 1.29 is 8.42 Å². The van der Waals surface area contributed by atoms with E-state index in [1.54, 1.807) is 28.9 Å². The molecule has 3 heterocycles. The van der Waals surface area contributed by atoms with Crippen LogP contribution < -0.4 is 5.14 Å². The third-order valence-corrected chi connectivity index (χ3v) is 5.17. The maximum absolute atomic E-state index is 11.5. The average molecular weight is 385 g/mol. The van der Waals surface area contributed by atoms with Gasteiger partial charge in [0.2, 0.25) is 10.0 Å². The van der Waals surface area contributed by atoms with Crippen molar-refractivity contribution in [2.24, 2.45) is 5.14 Å².